The highest BCUT2D eigenvalue weighted by Gasteiger charge is 2.26. The van der Waals surface area contributed by atoms with Crippen LogP contribution >= 0.6 is 11.6 Å². The Labute approximate surface area is 341 Å². The van der Waals surface area contributed by atoms with Crippen LogP contribution in [0.25, 0.3) is 21.5 Å². The summed E-state index contributed by atoms with van der Waals surface area (Å²) in [6.07, 6.45) is 1.51. The molecule has 0 aromatic heterocycles. The van der Waals surface area contributed by atoms with Crippen molar-refractivity contribution in [3.8, 4) is 11.5 Å². The molecule has 0 heterocycles. The van der Waals surface area contributed by atoms with E-state index >= 15 is 0 Å². The minimum atomic E-state index is -5.05. The molecule has 0 aliphatic carbocycles. The molecule has 0 aliphatic heterocycles. The van der Waals surface area contributed by atoms with Gasteiger partial charge in [0, 0.05) is 33.8 Å². The molecule has 0 unspecified atom stereocenters. The molecule has 20 heteroatoms. The van der Waals surface area contributed by atoms with Crippen LogP contribution in [-0.2, 0) is 41.3 Å². The first-order valence-corrected chi connectivity index (χ1v) is 22.5. The zero-order chi connectivity index (χ0) is 41.9. The third-order valence-electron chi connectivity index (χ3n) is 8.83. The van der Waals surface area contributed by atoms with Crippen molar-refractivity contribution in [1.82, 2.24) is 0 Å². The average Bonchev–Trinajstić information content (AvgIpc) is 3.10. The molecule has 0 saturated carbocycles. The molecule has 0 fully saturated rings. The number of anilines is 1. The second-order valence-corrected chi connectivity index (χ2v) is 18.5. The number of halogens is 1. The minimum Gasteiger partial charge on any atom is -0.505 e. The van der Waals surface area contributed by atoms with Gasteiger partial charge in [-0.2, -0.15) is 21.9 Å². The van der Waals surface area contributed by atoms with Crippen LogP contribution in [0.1, 0.15) is 50.3 Å². The van der Waals surface area contributed by atoms with Crippen molar-refractivity contribution in [2.75, 3.05) is 22.7 Å². The molecule has 0 bridgehead atoms. The summed E-state index contributed by atoms with van der Waals surface area (Å²) in [5, 5.41) is 40.8. The van der Waals surface area contributed by atoms with Crippen LogP contribution in [-0.4, -0.2) is 67.9 Å². The van der Waals surface area contributed by atoms with Gasteiger partial charge in [0.15, 0.2) is 21.3 Å². The first kappa shape index (κ1) is 45.6. The van der Waals surface area contributed by atoms with Crippen LogP contribution in [0, 0.1) is 13.8 Å². The van der Waals surface area contributed by atoms with Crippen molar-refractivity contribution in [1.29, 1.82) is 0 Å². The lowest BCUT2D eigenvalue weighted by atomic mass is 10.0. The van der Waals surface area contributed by atoms with Crippen LogP contribution in [0.5, 0.6) is 11.5 Å². The number of aryl methyl sites for hydroxylation is 3. The predicted molar refractivity (Wildman–Crippen MR) is 223 cm³/mol. The second-order valence-electron chi connectivity index (χ2n) is 13.1. The number of alkyl halides is 1. The largest absolute Gasteiger partial charge is 0.505 e. The van der Waals surface area contributed by atoms with Crippen molar-refractivity contribution in [3.05, 3.63) is 77.4 Å². The summed E-state index contributed by atoms with van der Waals surface area (Å²) in [4.78, 5) is 11.2. The number of benzene rings is 5. The number of azo groups is 2. The fraction of sp³-hybridized carbons (Fsp3) is 0.289. The Morgan fingerprint density at radius 2 is 1.24 bits per heavy atom. The fourth-order valence-corrected chi connectivity index (χ4v) is 9.57. The first-order valence-electron chi connectivity index (χ1n) is 17.3. The minimum absolute atomic E-state index is 0. The summed E-state index contributed by atoms with van der Waals surface area (Å²) < 4.78 is 95.2. The van der Waals surface area contributed by atoms with Crippen molar-refractivity contribution >= 4 is 97.6 Å². The van der Waals surface area contributed by atoms with Crippen LogP contribution in [0.2, 0.25) is 0 Å². The molecule has 310 valence electrons. The second kappa shape index (κ2) is 18.3. The third-order valence-corrected chi connectivity index (χ3v) is 12.9. The van der Waals surface area contributed by atoms with E-state index in [1.165, 1.54) is 37.3 Å². The molecule has 5 rings (SSSR count). The molecule has 5 aromatic rings. The van der Waals surface area contributed by atoms with Gasteiger partial charge in [0.2, 0.25) is 5.91 Å². The van der Waals surface area contributed by atoms with Gasteiger partial charge in [0.05, 0.1) is 22.9 Å². The van der Waals surface area contributed by atoms with Crippen molar-refractivity contribution < 1.29 is 49.4 Å². The Kier molecular flexibility index (Phi) is 14.4. The number of carbonyl (C=O) groups is 1. The quantitative estimate of drug-likeness (QED) is 0.0376. The van der Waals surface area contributed by atoms with E-state index in [1.807, 2.05) is 12.1 Å². The lowest BCUT2D eigenvalue weighted by Gasteiger charge is -2.15. The van der Waals surface area contributed by atoms with Crippen LogP contribution in [0.3, 0.4) is 0 Å². The number of phenols is 2. The molecule has 0 spiro atoms. The summed E-state index contributed by atoms with van der Waals surface area (Å²) in [6, 6.07) is 14.9. The Morgan fingerprint density at radius 3 is 1.78 bits per heavy atom. The van der Waals surface area contributed by atoms with Gasteiger partial charge >= 0.3 is 0 Å². The Balaban J connectivity index is 0.00000744. The number of hydrogen-bond acceptors (Lipinski definition) is 13. The molecule has 5 aromatic carbocycles. The van der Waals surface area contributed by atoms with Gasteiger partial charge < -0.3 is 15.5 Å². The zero-order valence-electron chi connectivity index (χ0n) is 30.8. The highest BCUT2D eigenvalue weighted by Crippen LogP contribution is 2.46. The fourth-order valence-electron chi connectivity index (χ4n) is 6.18. The molecule has 1 amide bonds. The smallest absolute Gasteiger partial charge is 0.297 e. The van der Waals surface area contributed by atoms with E-state index in [0.29, 0.717) is 11.3 Å². The molecular weight excluding hydrogens is 834 g/mol. The molecule has 0 atom stereocenters. The maximum atomic E-state index is 12.8. The lowest BCUT2D eigenvalue weighted by Crippen LogP contribution is -2.17. The predicted octanol–water partition coefficient (Wildman–Crippen LogP) is 9.31. The Hall–Kier alpha value is -5.05. The maximum Gasteiger partial charge on any atom is 0.297 e. The molecule has 58 heavy (non-hydrogen) atoms. The summed E-state index contributed by atoms with van der Waals surface area (Å²) in [5.74, 6) is -2.47. The normalized spacial score (nSPS) is 12.4. The number of nitrogens with zero attached hydrogens (tertiary/aromatic N) is 4. The number of hydrogen-bond donors (Lipinski definition) is 5. The Morgan fingerprint density at radius 1 is 0.707 bits per heavy atom. The van der Waals surface area contributed by atoms with Gasteiger partial charge in [-0.15, -0.1) is 26.9 Å². The first-order chi connectivity index (χ1) is 26.8. The molecule has 0 aliphatic rings. The third kappa shape index (κ3) is 10.3. The van der Waals surface area contributed by atoms with Crippen molar-refractivity contribution in [2.24, 2.45) is 20.5 Å². The summed E-state index contributed by atoms with van der Waals surface area (Å²) in [5.41, 5.74) is 1.17. The van der Waals surface area contributed by atoms with Crippen molar-refractivity contribution in [3.63, 3.8) is 0 Å². The monoisotopic (exact) mass is 875 g/mol. The number of fused-ring (bicyclic) bond motifs is 2. The average molecular weight is 876 g/mol. The molecule has 0 radical (unpaired) electrons. The number of rotatable bonds is 15. The summed E-state index contributed by atoms with van der Waals surface area (Å²) >= 11 is 5.49. The van der Waals surface area contributed by atoms with E-state index in [9.17, 15) is 49.4 Å². The Bertz CT molecular complexity index is 2800. The van der Waals surface area contributed by atoms with Crippen molar-refractivity contribution in [2.45, 2.75) is 63.7 Å². The number of carbonyl (C=O) groups excluding carboxylic acids is 1. The van der Waals surface area contributed by atoms with Gasteiger partial charge in [-0.1, -0.05) is 32.9 Å². The number of amides is 1. The number of nitrogens with one attached hydrogen (secondary N) is 1. The van der Waals surface area contributed by atoms with Crippen LogP contribution in [0.4, 0.5) is 28.4 Å². The SMILES string of the molecule is C.CCCc1ccc(N=Nc2c(C)cc3c(S(=O)(=O)O)c(N=Nc4c(C)cc5c(S(=O)(=O)O)c(NC(=O)CCCS(=O)(=O)CCCl)ccc5c4O)ccc3c2O)cc1. The van der Waals surface area contributed by atoms with E-state index in [4.69, 9.17) is 11.6 Å². The highest BCUT2D eigenvalue weighted by atomic mass is 35.5. The summed E-state index contributed by atoms with van der Waals surface area (Å²) in [7, 11) is -13.6. The number of sulfone groups is 1. The number of aromatic hydroxyl groups is 2. The van der Waals surface area contributed by atoms with E-state index in [2.05, 4.69) is 32.7 Å². The molecule has 16 nitrogen and oxygen atoms in total. The van der Waals surface area contributed by atoms with Gasteiger partial charge in [0.1, 0.15) is 26.9 Å². The van der Waals surface area contributed by atoms with Crippen LogP contribution < -0.4 is 5.32 Å². The topological polar surface area (TPSA) is 262 Å². The van der Waals surface area contributed by atoms with E-state index in [1.54, 1.807) is 19.1 Å². The highest BCUT2D eigenvalue weighted by molar-refractivity contribution is 7.91. The van der Waals surface area contributed by atoms with E-state index in [-0.39, 0.29) is 87.5 Å². The number of phenolic OH excluding ortho intramolecular Hbond substituents is 2. The molecule has 0 saturated heterocycles. The van der Waals surface area contributed by atoms with Gasteiger partial charge in [-0.05, 0) is 91.9 Å². The zero-order valence-corrected chi connectivity index (χ0v) is 34.0. The van der Waals surface area contributed by atoms with Gasteiger partial charge in [-0.25, -0.2) is 8.42 Å². The van der Waals surface area contributed by atoms with E-state index < -0.39 is 57.3 Å². The van der Waals surface area contributed by atoms with Gasteiger partial charge in [-0.3, -0.25) is 13.9 Å². The maximum absolute atomic E-state index is 12.8. The molecule has 5 N–H and O–H groups in total. The summed E-state index contributed by atoms with van der Waals surface area (Å²) in [6.45, 7) is 5.04. The van der Waals surface area contributed by atoms with Gasteiger partial charge in [0.25, 0.3) is 20.2 Å². The standard InChI is InChI=1S/C37H38ClN5O11S3.CH4/c1-4-6-23-8-10-24(11-9-23)40-42-32-21(2)20-28-26(34(32)45)13-15-30(37(28)57(52,53)54)41-43-33-22(3)19-27-25(35(33)46)12-14-29(36(27)56(49,50)51)39-31(44)7-5-17-55(47,48)18-16-38;/h8-15,19-20,45-46H,4-7,16-18H2,1-3H3,(H,39,44)(H,49,50,51)(H,52,53,54);1H4. The van der Waals surface area contributed by atoms with Crippen LogP contribution in [0.15, 0.2) is 90.9 Å². The lowest BCUT2D eigenvalue weighted by molar-refractivity contribution is -0.116. The molecular formula is C38H42ClN5O11S3. The van der Waals surface area contributed by atoms with E-state index in [0.717, 1.165) is 24.5 Å².